The highest BCUT2D eigenvalue weighted by atomic mass is 16.2. The molecule has 2 amide bonds. The summed E-state index contributed by atoms with van der Waals surface area (Å²) < 4.78 is 0. The highest BCUT2D eigenvalue weighted by Gasteiger charge is 2.57. The Morgan fingerprint density at radius 1 is 1.32 bits per heavy atom. The minimum absolute atomic E-state index is 0.0907. The molecule has 1 saturated carbocycles. The van der Waals surface area contributed by atoms with Crippen molar-refractivity contribution in [2.75, 3.05) is 18.9 Å². The summed E-state index contributed by atoms with van der Waals surface area (Å²) in [5.74, 6) is -0.336. The summed E-state index contributed by atoms with van der Waals surface area (Å²) in [6.07, 6.45) is 3.16. The van der Waals surface area contributed by atoms with Gasteiger partial charge in [0, 0.05) is 19.3 Å². The van der Waals surface area contributed by atoms with Gasteiger partial charge >= 0.3 is 0 Å². The third-order valence-electron chi connectivity index (χ3n) is 4.06. The Labute approximate surface area is 130 Å². The molecule has 0 saturated heterocycles. The number of hydrogen-bond donors (Lipinski definition) is 1. The summed E-state index contributed by atoms with van der Waals surface area (Å²) in [6.45, 7) is 2.75. The SMILES string of the molecule is CCCCN(C)C(=O)C1(C(=O)Nc2ccc(C#N)cc2)CC1. The van der Waals surface area contributed by atoms with Crippen molar-refractivity contribution in [1.82, 2.24) is 4.90 Å². The minimum Gasteiger partial charge on any atom is -0.345 e. The maximum Gasteiger partial charge on any atom is 0.240 e. The lowest BCUT2D eigenvalue weighted by Crippen LogP contribution is -2.41. The van der Waals surface area contributed by atoms with E-state index in [0.717, 1.165) is 12.8 Å². The molecule has 1 aromatic rings. The monoisotopic (exact) mass is 299 g/mol. The molecule has 2 rings (SSSR count). The zero-order valence-corrected chi connectivity index (χ0v) is 13.1. The first-order valence-corrected chi connectivity index (χ1v) is 7.60. The van der Waals surface area contributed by atoms with Crippen LogP contribution < -0.4 is 5.32 Å². The molecule has 1 N–H and O–H groups in total. The van der Waals surface area contributed by atoms with Crippen LogP contribution in [0.25, 0.3) is 0 Å². The van der Waals surface area contributed by atoms with Crippen LogP contribution in [0.1, 0.15) is 38.2 Å². The predicted molar refractivity (Wildman–Crippen MR) is 84.0 cm³/mol. The first-order valence-electron chi connectivity index (χ1n) is 7.60. The van der Waals surface area contributed by atoms with E-state index in [0.29, 0.717) is 30.6 Å². The lowest BCUT2D eigenvalue weighted by molar-refractivity contribution is -0.141. The Morgan fingerprint density at radius 3 is 2.45 bits per heavy atom. The summed E-state index contributed by atoms with van der Waals surface area (Å²) in [7, 11) is 1.76. The fraction of sp³-hybridized carbons (Fsp3) is 0.471. The van der Waals surface area contributed by atoms with Gasteiger partial charge in [0.1, 0.15) is 5.41 Å². The van der Waals surface area contributed by atoms with Crippen molar-refractivity contribution in [2.45, 2.75) is 32.6 Å². The highest BCUT2D eigenvalue weighted by molar-refractivity contribution is 6.12. The normalized spacial score (nSPS) is 14.8. The molecule has 0 atom stereocenters. The molecule has 0 heterocycles. The van der Waals surface area contributed by atoms with Crippen LogP contribution in [0.5, 0.6) is 0 Å². The summed E-state index contributed by atoms with van der Waals surface area (Å²) >= 11 is 0. The second-order valence-corrected chi connectivity index (χ2v) is 5.81. The van der Waals surface area contributed by atoms with Crippen molar-refractivity contribution in [3.63, 3.8) is 0 Å². The average molecular weight is 299 g/mol. The molecule has 1 aliphatic rings. The number of unbranched alkanes of at least 4 members (excludes halogenated alkanes) is 1. The van der Waals surface area contributed by atoms with Crippen LogP contribution in [0.15, 0.2) is 24.3 Å². The van der Waals surface area contributed by atoms with E-state index in [-0.39, 0.29) is 11.8 Å². The number of carbonyl (C=O) groups is 2. The van der Waals surface area contributed by atoms with Gasteiger partial charge in [0.05, 0.1) is 11.6 Å². The van der Waals surface area contributed by atoms with Gasteiger partial charge in [-0.15, -0.1) is 0 Å². The zero-order chi connectivity index (χ0) is 16.2. The molecule has 0 spiro atoms. The lowest BCUT2D eigenvalue weighted by Gasteiger charge is -2.23. The van der Waals surface area contributed by atoms with Crippen LogP contribution in [-0.4, -0.2) is 30.3 Å². The van der Waals surface area contributed by atoms with Gasteiger partial charge < -0.3 is 10.2 Å². The van der Waals surface area contributed by atoms with Crippen molar-refractivity contribution < 1.29 is 9.59 Å². The number of carbonyl (C=O) groups excluding carboxylic acids is 2. The predicted octanol–water partition coefficient (Wildman–Crippen LogP) is 2.54. The van der Waals surface area contributed by atoms with Crippen LogP contribution >= 0.6 is 0 Å². The maximum absolute atomic E-state index is 12.5. The molecule has 5 nitrogen and oxygen atoms in total. The molecule has 0 aliphatic heterocycles. The van der Waals surface area contributed by atoms with Gasteiger partial charge in [0.25, 0.3) is 0 Å². The molecule has 0 aromatic heterocycles. The number of rotatable bonds is 6. The van der Waals surface area contributed by atoms with E-state index < -0.39 is 5.41 Å². The van der Waals surface area contributed by atoms with E-state index in [4.69, 9.17) is 5.26 Å². The molecule has 22 heavy (non-hydrogen) atoms. The summed E-state index contributed by atoms with van der Waals surface area (Å²) in [5, 5.41) is 11.6. The minimum atomic E-state index is -0.892. The summed E-state index contributed by atoms with van der Waals surface area (Å²) in [5.41, 5.74) is 0.255. The number of benzene rings is 1. The van der Waals surface area contributed by atoms with E-state index in [1.807, 2.05) is 6.07 Å². The fourth-order valence-corrected chi connectivity index (χ4v) is 2.40. The Hall–Kier alpha value is -2.35. The van der Waals surface area contributed by atoms with Crippen molar-refractivity contribution in [3.8, 4) is 6.07 Å². The first kappa shape index (κ1) is 16.0. The van der Waals surface area contributed by atoms with E-state index in [2.05, 4.69) is 12.2 Å². The molecule has 1 fully saturated rings. The molecular formula is C17H21N3O2. The second kappa shape index (κ2) is 6.61. The summed E-state index contributed by atoms with van der Waals surface area (Å²) in [6, 6.07) is 8.67. The van der Waals surface area contributed by atoms with Gasteiger partial charge in [0.15, 0.2) is 0 Å². The Balaban J connectivity index is 2.01. The largest absolute Gasteiger partial charge is 0.345 e. The van der Waals surface area contributed by atoms with Gasteiger partial charge in [0.2, 0.25) is 11.8 Å². The summed E-state index contributed by atoms with van der Waals surface area (Å²) in [4.78, 5) is 26.6. The third-order valence-corrected chi connectivity index (χ3v) is 4.06. The number of hydrogen-bond acceptors (Lipinski definition) is 3. The number of nitrogens with one attached hydrogen (secondary N) is 1. The molecule has 5 heteroatoms. The van der Waals surface area contributed by atoms with E-state index in [9.17, 15) is 9.59 Å². The second-order valence-electron chi connectivity index (χ2n) is 5.81. The molecule has 1 aromatic carbocycles. The fourth-order valence-electron chi connectivity index (χ4n) is 2.40. The quantitative estimate of drug-likeness (QED) is 0.820. The van der Waals surface area contributed by atoms with Crippen molar-refractivity contribution in [3.05, 3.63) is 29.8 Å². The lowest BCUT2D eigenvalue weighted by atomic mass is 10.0. The zero-order valence-electron chi connectivity index (χ0n) is 13.1. The average Bonchev–Trinajstić information content (AvgIpc) is 3.34. The van der Waals surface area contributed by atoms with E-state index >= 15 is 0 Å². The molecule has 116 valence electrons. The van der Waals surface area contributed by atoms with Crippen LogP contribution in [0.2, 0.25) is 0 Å². The molecule has 0 radical (unpaired) electrons. The number of amides is 2. The van der Waals surface area contributed by atoms with Gasteiger partial charge in [-0.2, -0.15) is 5.26 Å². The smallest absolute Gasteiger partial charge is 0.240 e. The van der Waals surface area contributed by atoms with Gasteiger partial charge in [-0.1, -0.05) is 13.3 Å². The van der Waals surface area contributed by atoms with Crippen LogP contribution in [0.3, 0.4) is 0 Å². The number of anilines is 1. The molecule has 0 unspecified atom stereocenters. The van der Waals surface area contributed by atoms with E-state index in [1.165, 1.54) is 0 Å². The number of nitrogens with zero attached hydrogens (tertiary/aromatic N) is 2. The van der Waals surface area contributed by atoms with Gasteiger partial charge in [-0.25, -0.2) is 0 Å². The first-order chi connectivity index (χ1) is 10.5. The number of nitriles is 1. The van der Waals surface area contributed by atoms with Gasteiger partial charge in [-0.05, 0) is 43.5 Å². The topological polar surface area (TPSA) is 73.2 Å². The Bertz CT molecular complexity index is 597. The van der Waals surface area contributed by atoms with Crippen molar-refractivity contribution >= 4 is 17.5 Å². The maximum atomic E-state index is 12.5. The van der Waals surface area contributed by atoms with Crippen LogP contribution in [0, 0.1) is 16.7 Å². The Morgan fingerprint density at radius 2 is 1.95 bits per heavy atom. The third kappa shape index (κ3) is 3.28. The van der Waals surface area contributed by atoms with Crippen molar-refractivity contribution in [2.24, 2.45) is 5.41 Å². The standard InChI is InChI=1S/C17H21N3O2/c1-3-4-11-20(2)16(22)17(9-10-17)15(21)19-14-7-5-13(12-18)6-8-14/h5-8H,3-4,9-11H2,1-2H3,(H,19,21). The Kier molecular flexibility index (Phi) is 4.81. The molecular weight excluding hydrogens is 278 g/mol. The van der Waals surface area contributed by atoms with Crippen LogP contribution in [-0.2, 0) is 9.59 Å². The van der Waals surface area contributed by atoms with Crippen molar-refractivity contribution in [1.29, 1.82) is 5.26 Å². The highest BCUT2D eigenvalue weighted by Crippen LogP contribution is 2.48. The molecule has 1 aliphatic carbocycles. The van der Waals surface area contributed by atoms with E-state index in [1.54, 1.807) is 36.2 Å². The van der Waals surface area contributed by atoms with Gasteiger partial charge in [-0.3, -0.25) is 9.59 Å². The van der Waals surface area contributed by atoms with Crippen LogP contribution in [0.4, 0.5) is 5.69 Å². The molecule has 0 bridgehead atoms.